The van der Waals surface area contributed by atoms with Crippen molar-refractivity contribution in [2.75, 3.05) is 11.6 Å². The van der Waals surface area contributed by atoms with Gasteiger partial charge in [0, 0.05) is 35.9 Å². The third-order valence-corrected chi connectivity index (χ3v) is 6.22. The third kappa shape index (κ3) is 4.55. The van der Waals surface area contributed by atoms with E-state index in [1.54, 1.807) is 11.0 Å². The second-order valence-corrected chi connectivity index (χ2v) is 8.64. The Balaban J connectivity index is 1.36. The fourth-order valence-electron chi connectivity index (χ4n) is 4.40. The maximum absolute atomic E-state index is 4.80. The molecule has 0 atom stereocenters. The summed E-state index contributed by atoms with van der Waals surface area (Å²) < 4.78 is 1.67. The standard InChI is InChI=1S/C27H29N7/c1-3-4-10-23-18-33(26-12-7-5-9-21(26)2)20-32(23)17-22-14-15-25(28-16-22)24-11-6-8-13-27(24)34-19-29-30-31-34/h5-9,11-16,18-19H,3-4,10,17,20H2,1-2H3. The number of unbranched alkanes of at least 4 members (excludes halogenated alkanes) is 1. The number of para-hydroxylation sites is 2. The smallest absolute Gasteiger partial charge is 0.143 e. The molecule has 0 spiro atoms. The number of benzene rings is 2. The molecule has 172 valence electrons. The average Bonchev–Trinajstić information content (AvgIpc) is 3.54. The first kappa shape index (κ1) is 21.8. The number of allylic oxidation sites excluding steroid dienone is 1. The van der Waals surface area contributed by atoms with Gasteiger partial charge < -0.3 is 9.80 Å². The van der Waals surface area contributed by atoms with Crippen molar-refractivity contribution in [3.8, 4) is 16.9 Å². The molecule has 0 saturated heterocycles. The minimum Gasteiger partial charge on any atom is -0.351 e. The Morgan fingerprint density at radius 3 is 2.50 bits per heavy atom. The Morgan fingerprint density at radius 2 is 1.76 bits per heavy atom. The van der Waals surface area contributed by atoms with Crippen LogP contribution in [0.5, 0.6) is 0 Å². The molecule has 0 unspecified atom stereocenters. The lowest BCUT2D eigenvalue weighted by Crippen LogP contribution is -2.27. The second-order valence-electron chi connectivity index (χ2n) is 8.64. The van der Waals surface area contributed by atoms with Crippen LogP contribution in [0.4, 0.5) is 5.69 Å². The van der Waals surface area contributed by atoms with E-state index in [-0.39, 0.29) is 0 Å². The summed E-state index contributed by atoms with van der Waals surface area (Å²) in [5, 5.41) is 11.6. The van der Waals surface area contributed by atoms with Crippen LogP contribution >= 0.6 is 0 Å². The van der Waals surface area contributed by atoms with Gasteiger partial charge in [-0.15, -0.1) is 5.10 Å². The predicted molar refractivity (Wildman–Crippen MR) is 134 cm³/mol. The number of tetrazole rings is 1. The molecule has 7 heteroatoms. The van der Waals surface area contributed by atoms with Gasteiger partial charge in [0.1, 0.15) is 6.33 Å². The van der Waals surface area contributed by atoms with E-state index in [0.717, 1.165) is 36.6 Å². The number of aryl methyl sites for hydroxylation is 1. The summed E-state index contributed by atoms with van der Waals surface area (Å²) in [6.07, 6.45) is 9.37. The number of nitrogens with zero attached hydrogens (tertiary/aromatic N) is 7. The van der Waals surface area contributed by atoms with Gasteiger partial charge in [0.25, 0.3) is 0 Å². The van der Waals surface area contributed by atoms with Crippen LogP contribution in [0.2, 0.25) is 0 Å². The minimum absolute atomic E-state index is 0.833. The number of hydrogen-bond acceptors (Lipinski definition) is 6. The monoisotopic (exact) mass is 451 g/mol. The van der Waals surface area contributed by atoms with E-state index in [9.17, 15) is 0 Å². The molecule has 2 aromatic heterocycles. The van der Waals surface area contributed by atoms with Crippen LogP contribution in [-0.4, -0.2) is 36.8 Å². The van der Waals surface area contributed by atoms with Crippen molar-refractivity contribution in [1.29, 1.82) is 0 Å². The summed E-state index contributed by atoms with van der Waals surface area (Å²) in [4.78, 5) is 9.63. The highest BCUT2D eigenvalue weighted by atomic mass is 15.5. The maximum atomic E-state index is 4.80. The van der Waals surface area contributed by atoms with Gasteiger partial charge in [-0.1, -0.05) is 55.8 Å². The number of anilines is 1. The Kier molecular flexibility index (Phi) is 6.33. The zero-order valence-electron chi connectivity index (χ0n) is 19.7. The van der Waals surface area contributed by atoms with Crippen molar-refractivity contribution in [3.63, 3.8) is 0 Å². The molecule has 1 aliphatic heterocycles. The highest BCUT2D eigenvalue weighted by Gasteiger charge is 2.22. The van der Waals surface area contributed by atoms with Gasteiger partial charge in [-0.05, 0) is 59.5 Å². The Labute approximate surface area is 200 Å². The van der Waals surface area contributed by atoms with Crippen LogP contribution in [0.1, 0.15) is 37.3 Å². The van der Waals surface area contributed by atoms with Crippen molar-refractivity contribution in [2.24, 2.45) is 0 Å². The molecule has 0 bridgehead atoms. The SMILES string of the molecule is CCCCC1=CN(c2ccccc2C)CN1Cc1ccc(-c2ccccc2-n2cnnn2)nc1. The molecule has 0 radical (unpaired) electrons. The highest BCUT2D eigenvalue weighted by molar-refractivity contribution is 5.69. The summed E-state index contributed by atoms with van der Waals surface area (Å²) in [6.45, 7) is 6.11. The fraction of sp³-hybridized carbons (Fsp3) is 0.259. The molecule has 0 fully saturated rings. The van der Waals surface area contributed by atoms with E-state index in [0.29, 0.717) is 0 Å². The number of hydrogen-bond donors (Lipinski definition) is 0. The van der Waals surface area contributed by atoms with Crippen molar-refractivity contribution >= 4 is 5.69 Å². The molecule has 34 heavy (non-hydrogen) atoms. The highest BCUT2D eigenvalue weighted by Crippen LogP contribution is 2.30. The first-order valence-electron chi connectivity index (χ1n) is 11.8. The number of pyridine rings is 1. The van der Waals surface area contributed by atoms with Crippen LogP contribution in [0.15, 0.2) is 85.1 Å². The molecular formula is C27H29N7. The molecule has 7 nitrogen and oxygen atoms in total. The fourth-order valence-corrected chi connectivity index (χ4v) is 4.40. The molecule has 0 N–H and O–H groups in total. The van der Waals surface area contributed by atoms with Gasteiger partial charge in [0.2, 0.25) is 0 Å². The summed E-state index contributed by atoms with van der Waals surface area (Å²) >= 11 is 0. The lowest BCUT2D eigenvalue weighted by Gasteiger charge is -2.25. The van der Waals surface area contributed by atoms with Crippen LogP contribution in [0, 0.1) is 6.92 Å². The van der Waals surface area contributed by atoms with Crippen molar-refractivity contribution in [3.05, 3.63) is 96.2 Å². The van der Waals surface area contributed by atoms with Crippen LogP contribution < -0.4 is 4.90 Å². The molecule has 0 amide bonds. The number of rotatable bonds is 8. The minimum atomic E-state index is 0.833. The zero-order valence-corrected chi connectivity index (χ0v) is 19.7. The van der Waals surface area contributed by atoms with Gasteiger partial charge in [-0.3, -0.25) is 4.98 Å². The van der Waals surface area contributed by atoms with Crippen LogP contribution in [-0.2, 0) is 6.54 Å². The molecule has 2 aromatic carbocycles. The lowest BCUT2D eigenvalue weighted by molar-refractivity contribution is 0.354. The second kappa shape index (κ2) is 9.87. The Morgan fingerprint density at radius 1 is 0.941 bits per heavy atom. The average molecular weight is 452 g/mol. The quantitative estimate of drug-likeness (QED) is 0.360. The van der Waals surface area contributed by atoms with Crippen LogP contribution in [0.3, 0.4) is 0 Å². The molecule has 5 rings (SSSR count). The third-order valence-electron chi connectivity index (χ3n) is 6.22. The number of aromatic nitrogens is 5. The van der Waals surface area contributed by atoms with Crippen molar-refractivity contribution in [1.82, 2.24) is 30.1 Å². The molecule has 0 saturated carbocycles. The normalized spacial score (nSPS) is 13.4. The van der Waals surface area contributed by atoms with Gasteiger partial charge >= 0.3 is 0 Å². The predicted octanol–water partition coefficient (Wildman–Crippen LogP) is 5.34. The van der Waals surface area contributed by atoms with Gasteiger partial charge in [0.05, 0.1) is 18.1 Å². The van der Waals surface area contributed by atoms with Gasteiger partial charge in [-0.25, -0.2) is 0 Å². The van der Waals surface area contributed by atoms with Gasteiger partial charge in [0.15, 0.2) is 0 Å². The zero-order chi connectivity index (χ0) is 23.3. The summed E-state index contributed by atoms with van der Waals surface area (Å²) in [6, 6.07) is 20.9. The summed E-state index contributed by atoms with van der Waals surface area (Å²) in [5.41, 5.74) is 7.95. The molecule has 0 aliphatic carbocycles. The van der Waals surface area contributed by atoms with Crippen molar-refractivity contribution in [2.45, 2.75) is 39.7 Å². The molecule has 3 heterocycles. The first-order chi connectivity index (χ1) is 16.7. The maximum Gasteiger partial charge on any atom is 0.143 e. The largest absolute Gasteiger partial charge is 0.351 e. The molecule has 4 aromatic rings. The summed E-state index contributed by atoms with van der Waals surface area (Å²) in [5.74, 6) is 0. The van der Waals surface area contributed by atoms with E-state index in [1.165, 1.54) is 35.4 Å². The topological polar surface area (TPSA) is 63.0 Å². The van der Waals surface area contributed by atoms with E-state index < -0.39 is 0 Å². The van der Waals surface area contributed by atoms with E-state index in [1.807, 2.05) is 30.5 Å². The van der Waals surface area contributed by atoms with E-state index in [4.69, 9.17) is 4.98 Å². The van der Waals surface area contributed by atoms with E-state index in [2.05, 4.69) is 81.8 Å². The Bertz CT molecular complexity index is 1260. The Hall–Kier alpha value is -4.00. The van der Waals surface area contributed by atoms with Gasteiger partial charge in [-0.2, -0.15) is 4.68 Å². The van der Waals surface area contributed by atoms with Crippen molar-refractivity contribution < 1.29 is 0 Å². The molecular weight excluding hydrogens is 422 g/mol. The lowest BCUT2D eigenvalue weighted by atomic mass is 10.1. The van der Waals surface area contributed by atoms with E-state index >= 15 is 0 Å². The van der Waals surface area contributed by atoms with Crippen LogP contribution in [0.25, 0.3) is 16.9 Å². The molecule has 1 aliphatic rings. The summed E-state index contributed by atoms with van der Waals surface area (Å²) in [7, 11) is 0. The first-order valence-corrected chi connectivity index (χ1v) is 11.8.